The van der Waals surface area contributed by atoms with E-state index in [-0.39, 0.29) is 17.6 Å². The molecule has 0 unspecified atom stereocenters. The van der Waals surface area contributed by atoms with E-state index in [1.54, 1.807) is 38.2 Å². The SMILES string of the molecule is CCOC(=O)/C=C/C(=O)NC(=S)N(C)c1ccccc1C(=O)NCCc1ccccc1. The van der Waals surface area contributed by atoms with E-state index in [0.29, 0.717) is 24.2 Å². The molecule has 0 fully saturated rings. The lowest BCUT2D eigenvalue weighted by Crippen LogP contribution is -2.41. The average molecular weight is 440 g/mol. The van der Waals surface area contributed by atoms with Gasteiger partial charge < -0.3 is 15.0 Å². The van der Waals surface area contributed by atoms with Crippen molar-refractivity contribution in [2.75, 3.05) is 25.1 Å². The first kappa shape index (κ1) is 23.8. The number of nitrogens with one attached hydrogen (secondary N) is 2. The van der Waals surface area contributed by atoms with Crippen LogP contribution in [-0.2, 0) is 20.7 Å². The fourth-order valence-corrected chi connectivity index (χ4v) is 2.89. The molecule has 0 aliphatic carbocycles. The minimum absolute atomic E-state index is 0.0862. The van der Waals surface area contributed by atoms with Gasteiger partial charge in [0.2, 0.25) is 5.91 Å². The number of carbonyl (C=O) groups excluding carboxylic acids is 3. The number of hydrogen-bond acceptors (Lipinski definition) is 5. The van der Waals surface area contributed by atoms with E-state index in [2.05, 4.69) is 10.6 Å². The monoisotopic (exact) mass is 439 g/mol. The molecule has 2 aromatic rings. The Kier molecular flexibility index (Phi) is 9.38. The van der Waals surface area contributed by atoms with Crippen molar-refractivity contribution in [1.29, 1.82) is 0 Å². The summed E-state index contributed by atoms with van der Waals surface area (Å²) in [5.41, 5.74) is 2.10. The van der Waals surface area contributed by atoms with Gasteiger partial charge >= 0.3 is 5.97 Å². The van der Waals surface area contributed by atoms with Crippen LogP contribution in [0.1, 0.15) is 22.8 Å². The zero-order valence-corrected chi connectivity index (χ0v) is 18.3. The van der Waals surface area contributed by atoms with Gasteiger partial charge in [0.15, 0.2) is 5.11 Å². The van der Waals surface area contributed by atoms with Gasteiger partial charge in [-0.2, -0.15) is 0 Å². The van der Waals surface area contributed by atoms with Gasteiger partial charge in [0.05, 0.1) is 17.9 Å². The Morgan fingerprint density at radius 2 is 1.71 bits per heavy atom. The van der Waals surface area contributed by atoms with Crippen molar-refractivity contribution in [2.24, 2.45) is 0 Å². The number of hydrogen-bond donors (Lipinski definition) is 2. The molecular weight excluding hydrogens is 414 g/mol. The lowest BCUT2D eigenvalue weighted by Gasteiger charge is -2.22. The third-order valence-corrected chi connectivity index (χ3v) is 4.62. The second-order valence-corrected chi connectivity index (χ2v) is 6.83. The maximum Gasteiger partial charge on any atom is 0.330 e. The molecule has 0 heterocycles. The summed E-state index contributed by atoms with van der Waals surface area (Å²) in [4.78, 5) is 37.5. The number of benzene rings is 2. The number of carbonyl (C=O) groups is 3. The predicted molar refractivity (Wildman–Crippen MR) is 124 cm³/mol. The molecule has 0 spiro atoms. The predicted octanol–water partition coefficient (Wildman–Crippen LogP) is 2.62. The first-order valence-corrected chi connectivity index (χ1v) is 10.2. The minimum Gasteiger partial charge on any atom is -0.463 e. The highest BCUT2D eigenvalue weighted by atomic mass is 32.1. The molecular formula is C23H25N3O4S. The van der Waals surface area contributed by atoms with Gasteiger partial charge in [-0.25, -0.2) is 4.79 Å². The molecule has 0 saturated heterocycles. The molecule has 7 nitrogen and oxygen atoms in total. The molecule has 2 aromatic carbocycles. The number of amides is 2. The molecule has 0 atom stereocenters. The number of ether oxygens (including phenoxy) is 1. The van der Waals surface area contributed by atoms with Crippen LogP contribution in [0, 0.1) is 0 Å². The topological polar surface area (TPSA) is 87.7 Å². The van der Waals surface area contributed by atoms with Crippen molar-refractivity contribution >= 4 is 40.8 Å². The third kappa shape index (κ3) is 7.67. The normalized spacial score (nSPS) is 10.4. The summed E-state index contributed by atoms with van der Waals surface area (Å²) >= 11 is 5.28. The van der Waals surface area contributed by atoms with Crippen LogP contribution in [-0.4, -0.2) is 43.1 Å². The van der Waals surface area contributed by atoms with Crippen molar-refractivity contribution < 1.29 is 19.1 Å². The van der Waals surface area contributed by atoms with Crippen LogP contribution in [0.15, 0.2) is 66.7 Å². The Hall–Kier alpha value is -3.52. The highest BCUT2D eigenvalue weighted by molar-refractivity contribution is 7.80. The van der Waals surface area contributed by atoms with E-state index in [9.17, 15) is 14.4 Å². The van der Waals surface area contributed by atoms with Gasteiger partial charge in [-0.1, -0.05) is 42.5 Å². The van der Waals surface area contributed by atoms with Crippen LogP contribution in [0.5, 0.6) is 0 Å². The highest BCUT2D eigenvalue weighted by Crippen LogP contribution is 2.19. The molecule has 0 saturated carbocycles. The Labute approximate surface area is 187 Å². The van der Waals surface area contributed by atoms with Crippen molar-refractivity contribution in [3.05, 3.63) is 77.9 Å². The van der Waals surface area contributed by atoms with Crippen LogP contribution in [0.3, 0.4) is 0 Å². The van der Waals surface area contributed by atoms with Crippen LogP contribution < -0.4 is 15.5 Å². The summed E-state index contributed by atoms with van der Waals surface area (Å²) in [5.74, 6) is -1.43. The van der Waals surface area contributed by atoms with Crippen LogP contribution in [0.25, 0.3) is 0 Å². The minimum atomic E-state index is -0.616. The van der Waals surface area contributed by atoms with Crippen molar-refractivity contribution in [1.82, 2.24) is 10.6 Å². The van der Waals surface area contributed by atoms with Gasteiger partial charge in [0.25, 0.3) is 5.91 Å². The molecule has 31 heavy (non-hydrogen) atoms. The molecule has 0 aromatic heterocycles. The van der Waals surface area contributed by atoms with Gasteiger partial charge in [0, 0.05) is 25.7 Å². The zero-order valence-electron chi connectivity index (χ0n) is 17.5. The fourth-order valence-electron chi connectivity index (χ4n) is 2.69. The van der Waals surface area contributed by atoms with E-state index in [1.807, 2.05) is 30.3 Å². The molecule has 2 N–H and O–H groups in total. The average Bonchev–Trinajstić information content (AvgIpc) is 2.78. The molecule has 2 rings (SSSR count). The zero-order chi connectivity index (χ0) is 22.6. The van der Waals surface area contributed by atoms with Crippen LogP contribution in [0.2, 0.25) is 0 Å². The summed E-state index contributed by atoms with van der Waals surface area (Å²) in [6.07, 6.45) is 2.78. The van der Waals surface area contributed by atoms with Crippen LogP contribution in [0.4, 0.5) is 5.69 Å². The first-order valence-electron chi connectivity index (χ1n) is 9.77. The highest BCUT2D eigenvalue weighted by Gasteiger charge is 2.17. The summed E-state index contributed by atoms with van der Waals surface area (Å²) < 4.78 is 4.72. The Bertz CT molecular complexity index is 960. The summed E-state index contributed by atoms with van der Waals surface area (Å²) in [5, 5.41) is 5.49. The number of nitrogens with zero attached hydrogens (tertiary/aromatic N) is 1. The van der Waals surface area contributed by atoms with Gasteiger partial charge in [-0.3, -0.25) is 14.9 Å². The number of para-hydroxylation sites is 1. The maximum absolute atomic E-state index is 12.7. The quantitative estimate of drug-likeness (QED) is 0.374. The number of rotatable bonds is 8. The molecule has 0 aliphatic heterocycles. The first-order chi connectivity index (χ1) is 14.9. The molecule has 162 valence electrons. The van der Waals surface area contributed by atoms with E-state index in [1.165, 1.54) is 4.90 Å². The Morgan fingerprint density at radius 3 is 2.42 bits per heavy atom. The van der Waals surface area contributed by atoms with Crippen molar-refractivity contribution in [3.8, 4) is 0 Å². The summed E-state index contributed by atoms with van der Waals surface area (Å²) in [7, 11) is 1.65. The second-order valence-electron chi connectivity index (χ2n) is 6.45. The molecule has 8 heteroatoms. The van der Waals surface area contributed by atoms with Gasteiger partial charge in [-0.05, 0) is 43.3 Å². The molecule has 0 radical (unpaired) electrons. The smallest absolute Gasteiger partial charge is 0.330 e. The van der Waals surface area contributed by atoms with E-state index >= 15 is 0 Å². The lowest BCUT2D eigenvalue weighted by molar-refractivity contribution is -0.137. The number of thiocarbonyl (C=S) groups is 1. The largest absolute Gasteiger partial charge is 0.463 e. The molecule has 2 amide bonds. The Morgan fingerprint density at radius 1 is 1.03 bits per heavy atom. The maximum atomic E-state index is 12.7. The summed E-state index contributed by atoms with van der Waals surface area (Å²) in [6.45, 7) is 2.38. The van der Waals surface area contributed by atoms with Crippen molar-refractivity contribution in [3.63, 3.8) is 0 Å². The third-order valence-electron chi connectivity index (χ3n) is 4.24. The van der Waals surface area contributed by atoms with Gasteiger partial charge in [-0.15, -0.1) is 0 Å². The fraction of sp³-hybridized carbons (Fsp3) is 0.217. The molecule has 0 bridgehead atoms. The molecule has 0 aliphatic rings. The Balaban J connectivity index is 1.99. The number of anilines is 1. The standard InChI is InChI=1S/C23H25N3O4S/c1-3-30-21(28)14-13-20(27)25-23(31)26(2)19-12-8-7-11-18(19)22(29)24-16-15-17-9-5-4-6-10-17/h4-14H,3,15-16H2,1-2H3,(H,24,29)(H,25,27,31)/b14-13+. The number of esters is 1. The second kappa shape index (κ2) is 12.2. The van der Waals surface area contributed by atoms with E-state index < -0.39 is 11.9 Å². The lowest BCUT2D eigenvalue weighted by atomic mass is 10.1. The van der Waals surface area contributed by atoms with Crippen molar-refractivity contribution in [2.45, 2.75) is 13.3 Å². The van der Waals surface area contributed by atoms with Crippen LogP contribution >= 0.6 is 12.2 Å². The van der Waals surface area contributed by atoms with Gasteiger partial charge in [0.1, 0.15) is 0 Å². The van der Waals surface area contributed by atoms with E-state index in [0.717, 1.165) is 17.7 Å². The summed E-state index contributed by atoms with van der Waals surface area (Å²) in [6, 6.07) is 16.8. The van der Waals surface area contributed by atoms with E-state index in [4.69, 9.17) is 17.0 Å².